The number of aryl methyl sites for hydroxylation is 1. The molecule has 10 heteroatoms. The van der Waals surface area contributed by atoms with Gasteiger partial charge in [0.25, 0.3) is 0 Å². The van der Waals surface area contributed by atoms with Crippen LogP contribution in [0.2, 0.25) is 0 Å². The van der Waals surface area contributed by atoms with E-state index >= 15 is 0 Å². The van der Waals surface area contributed by atoms with Crippen molar-refractivity contribution in [1.82, 2.24) is 24.7 Å². The zero-order valence-corrected chi connectivity index (χ0v) is 21.4. The number of halogens is 1. The maximum atomic E-state index is 13.6. The molecule has 2 fully saturated rings. The smallest absolute Gasteiger partial charge is 0.409 e. The number of hydrogen-bond acceptors (Lipinski definition) is 6. The Balaban J connectivity index is 1.26. The predicted molar refractivity (Wildman–Crippen MR) is 131 cm³/mol. The summed E-state index contributed by atoms with van der Waals surface area (Å²) >= 11 is 1.12. The Labute approximate surface area is 209 Å². The van der Waals surface area contributed by atoms with Crippen molar-refractivity contribution < 1.29 is 18.7 Å². The third-order valence-corrected chi connectivity index (χ3v) is 8.86. The Bertz CT molecular complexity index is 1090. The van der Waals surface area contributed by atoms with Gasteiger partial charge in [0.15, 0.2) is 5.13 Å². The van der Waals surface area contributed by atoms with Crippen LogP contribution in [0.1, 0.15) is 73.2 Å². The Morgan fingerprint density at radius 2 is 2.00 bits per heavy atom. The van der Waals surface area contributed by atoms with Crippen LogP contribution in [0.3, 0.4) is 0 Å². The van der Waals surface area contributed by atoms with Gasteiger partial charge in [-0.05, 0) is 51.2 Å². The highest BCUT2D eigenvalue weighted by Gasteiger charge is 2.42. The first kappa shape index (κ1) is 24.2. The summed E-state index contributed by atoms with van der Waals surface area (Å²) in [5.74, 6) is 0.946. The number of fused-ring (bicyclic) bond motifs is 3. The number of nitrogens with one attached hydrogen (secondary N) is 1. The summed E-state index contributed by atoms with van der Waals surface area (Å²) in [6.45, 7) is 5.65. The summed E-state index contributed by atoms with van der Waals surface area (Å²) in [7, 11) is 1.42. The lowest BCUT2D eigenvalue weighted by Gasteiger charge is -2.41. The first-order chi connectivity index (χ1) is 16.8. The number of carbonyl (C=O) groups is 2. The minimum Gasteiger partial charge on any atom is -0.453 e. The third-order valence-electron chi connectivity index (χ3n) is 7.88. The van der Waals surface area contributed by atoms with Gasteiger partial charge in [0, 0.05) is 55.1 Å². The molecule has 3 aliphatic rings. The average molecular weight is 504 g/mol. The number of amides is 2. The molecule has 35 heavy (non-hydrogen) atoms. The number of methoxy groups -OCH3 is 1. The van der Waals surface area contributed by atoms with Crippen LogP contribution in [0.25, 0.3) is 0 Å². The van der Waals surface area contributed by atoms with Crippen molar-refractivity contribution in [3.63, 3.8) is 0 Å². The number of rotatable bonds is 6. The highest BCUT2D eigenvalue weighted by Crippen LogP contribution is 2.43. The Kier molecular flexibility index (Phi) is 6.85. The van der Waals surface area contributed by atoms with Crippen molar-refractivity contribution >= 4 is 23.3 Å². The van der Waals surface area contributed by atoms with Crippen molar-refractivity contribution in [3.8, 4) is 0 Å². The van der Waals surface area contributed by atoms with Crippen LogP contribution in [-0.4, -0.2) is 63.6 Å². The van der Waals surface area contributed by atoms with Gasteiger partial charge in [0.1, 0.15) is 5.82 Å². The normalized spacial score (nSPS) is 24.8. The van der Waals surface area contributed by atoms with Gasteiger partial charge in [-0.3, -0.25) is 9.69 Å². The Morgan fingerprint density at radius 1 is 1.26 bits per heavy atom. The van der Waals surface area contributed by atoms with E-state index in [-0.39, 0.29) is 23.2 Å². The van der Waals surface area contributed by atoms with Gasteiger partial charge in [0.2, 0.25) is 5.91 Å². The van der Waals surface area contributed by atoms with Crippen LogP contribution in [0, 0.1) is 12.1 Å². The average Bonchev–Trinajstić information content (AvgIpc) is 3.47. The molecule has 0 aliphatic carbocycles. The first-order valence-corrected chi connectivity index (χ1v) is 13.3. The molecular formula is C25H34FN5O3S. The van der Waals surface area contributed by atoms with Gasteiger partial charge in [-0.15, -0.1) is 11.3 Å². The van der Waals surface area contributed by atoms with E-state index in [2.05, 4.69) is 21.7 Å². The lowest BCUT2D eigenvalue weighted by molar-refractivity contribution is -0.119. The topological polar surface area (TPSA) is 79.7 Å². The van der Waals surface area contributed by atoms with Gasteiger partial charge in [-0.2, -0.15) is 4.39 Å². The van der Waals surface area contributed by atoms with Gasteiger partial charge >= 0.3 is 6.09 Å². The lowest BCUT2D eigenvalue weighted by atomic mass is 9.95. The molecule has 2 bridgehead atoms. The number of aromatic nitrogens is 2. The Morgan fingerprint density at radius 3 is 2.63 bits per heavy atom. The molecule has 0 saturated carbocycles. The summed E-state index contributed by atoms with van der Waals surface area (Å²) in [4.78, 5) is 33.8. The first-order valence-electron chi connectivity index (χ1n) is 12.5. The van der Waals surface area contributed by atoms with E-state index in [0.29, 0.717) is 31.2 Å². The standard InChI is InChI=1S/C25H34FN5O3S/c1-15-27-21-14-29(25(33)34-3)10-9-22(21)31(15)19-12-17-4-5-18(13-19)30(17)11-8-20(28-16(2)32)23-6-7-24(26)35-23/h6-7,17-20H,4-5,8-14H2,1-3H3,(H,28,32)/t17-,18+,19+,20-/m0/s1. The van der Waals surface area contributed by atoms with Gasteiger partial charge in [-0.25, -0.2) is 9.78 Å². The number of thiophene rings is 1. The lowest BCUT2D eigenvalue weighted by Crippen LogP contribution is -2.45. The maximum absolute atomic E-state index is 13.6. The number of ether oxygens (including phenoxy) is 1. The number of hydrogen-bond donors (Lipinski definition) is 1. The van der Waals surface area contributed by atoms with E-state index in [9.17, 15) is 14.0 Å². The fourth-order valence-corrected chi connectivity index (χ4v) is 7.27. The zero-order valence-electron chi connectivity index (χ0n) is 20.6. The summed E-state index contributed by atoms with van der Waals surface area (Å²) in [5.41, 5.74) is 2.27. The largest absolute Gasteiger partial charge is 0.453 e. The monoisotopic (exact) mass is 503 g/mol. The molecule has 2 amide bonds. The molecule has 0 radical (unpaired) electrons. The minimum atomic E-state index is -0.294. The van der Waals surface area contributed by atoms with Crippen LogP contribution < -0.4 is 5.32 Å². The van der Waals surface area contributed by atoms with E-state index in [4.69, 9.17) is 9.72 Å². The van der Waals surface area contributed by atoms with E-state index in [1.807, 2.05) is 0 Å². The van der Waals surface area contributed by atoms with Crippen LogP contribution in [0.5, 0.6) is 0 Å². The number of carbonyl (C=O) groups excluding carboxylic acids is 2. The molecule has 3 aliphatic heterocycles. The van der Waals surface area contributed by atoms with Crippen molar-refractivity contribution in [2.75, 3.05) is 20.2 Å². The van der Waals surface area contributed by atoms with Crippen LogP contribution >= 0.6 is 11.3 Å². The van der Waals surface area contributed by atoms with E-state index < -0.39 is 0 Å². The molecule has 2 aromatic rings. The molecule has 0 unspecified atom stereocenters. The zero-order chi connectivity index (χ0) is 24.7. The molecule has 2 saturated heterocycles. The predicted octanol–water partition coefficient (Wildman–Crippen LogP) is 3.95. The second-order valence-corrected chi connectivity index (χ2v) is 11.1. The van der Waals surface area contributed by atoms with Crippen LogP contribution in [-0.2, 0) is 22.5 Å². The Hall–Kier alpha value is -2.46. The third kappa shape index (κ3) is 4.82. The van der Waals surface area contributed by atoms with Crippen molar-refractivity contribution in [3.05, 3.63) is 39.4 Å². The fourth-order valence-electron chi connectivity index (χ4n) is 6.46. The molecular weight excluding hydrogens is 469 g/mol. The molecule has 0 aromatic carbocycles. The molecule has 5 heterocycles. The summed E-state index contributed by atoms with van der Waals surface area (Å²) in [6, 6.07) is 4.53. The molecule has 4 atom stereocenters. The second-order valence-electron chi connectivity index (χ2n) is 10.00. The summed E-state index contributed by atoms with van der Waals surface area (Å²) < 4.78 is 21.0. The quantitative estimate of drug-likeness (QED) is 0.646. The van der Waals surface area contributed by atoms with Gasteiger partial charge < -0.3 is 19.5 Å². The summed E-state index contributed by atoms with van der Waals surface area (Å²) in [6.07, 6.45) is 5.82. The molecule has 1 N–H and O–H groups in total. The number of imidazole rings is 1. The molecule has 0 spiro atoms. The maximum Gasteiger partial charge on any atom is 0.409 e. The van der Waals surface area contributed by atoms with E-state index in [0.717, 1.165) is 60.0 Å². The SMILES string of the molecule is COC(=O)N1CCc2c(nc(C)n2[C@H]2C[C@H]3CC[C@@H](C2)N3CC[C@H](NC(C)=O)c2ccc(F)s2)C1. The number of piperidine rings is 1. The van der Waals surface area contributed by atoms with E-state index in [1.165, 1.54) is 38.6 Å². The summed E-state index contributed by atoms with van der Waals surface area (Å²) in [5, 5.41) is 2.80. The number of nitrogens with zero attached hydrogens (tertiary/aromatic N) is 4. The van der Waals surface area contributed by atoms with Crippen LogP contribution in [0.15, 0.2) is 12.1 Å². The van der Waals surface area contributed by atoms with Gasteiger partial charge in [-0.1, -0.05) is 0 Å². The van der Waals surface area contributed by atoms with E-state index in [1.54, 1.807) is 11.0 Å². The second kappa shape index (κ2) is 9.89. The highest BCUT2D eigenvalue weighted by molar-refractivity contribution is 7.10. The van der Waals surface area contributed by atoms with Crippen molar-refractivity contribution in [2.24, 2.45) is 0 Å². The molecule has 8 nitrogen and oxygen atoms in total. The molecule has 5 rings (SSSR count). The van der Waals surface area contributed by atoms with Crippen LogP contribution in [0.4, 0.5) is 9.18 Å². The highest BCUT2D eigenvalue weighted by atomic mass is 32.1. The molecule has 190 valence electrons. The minimum absolute atomic E-state index is 0.0865. The van der Waals surface area contributed by atoms with Crippen molar-refractivity contribution in [2.45, 2.75) is 83.1 Å². The molecule has 2 aromatic heterocycles. The van der Waals surface area contributed by atoms with Gasteiger partial charge in [0.05, 0.1) is 25.4 Å². The van der Waals surface area contributed by atoms with Crippen molar-refractivity contribution in [1.29, 1.82) is 0 Å². The fraction of sp³-hybridized carbons (Fsp3) is 0.640.